The average Bonchev–Trinajstić information content (AvgIpc) is 2.67. The second-order valence-electron chi connectivity index (χ2n) is 7.26. The minimum atomic E-state index is -0.234. The summed E-state index contributed by atoms with van der Waals surface area (Å²) in [6, 6.07) is 13.9. The Morgan fingerprint density at radius 1 is 1.22 bits per heavy atom. The van der Waals surface area contributed by atoms with Crippen molar-refractivity contribution in [1.29, 1.82) is 0 Å². The van der Waals surface area contributed by atoms with Gasteiger partial charge >= 0.3 is 0 Å². The SMILES string of the molecule is CCOc1ccc(Cc2cc([C@@H]3O[C@H](CO)C[C@H](C)[C@H]3N)ccc2Cl)cc1. The van der Waals surface area contributed by atoms with Crippen molar-refractivity contribution in [1.82, 2.24) is 0 Å². The molecule has 0 aliphatic carbocycles. The second kappa shape index (κ2) is 9.07. The van der Waals surface area contributed by atoms with Crippen LogP contribution in [0.15, 0.2) is 42.5 Å². The second-order valence-corrected chi connectivity index (χ2v) is 7.66. The maximum atomic E-state index is 9.52. The molecule has 0 radical (unpaired) electrons. The third-order valence-corrected chi connectivity index (χ3v) is 5.58. The molecule has 1 aliphatic rings. The Balaban J connectivity index is 1.81. The van der Waals surface area contributed by atoms with Gasteiger partial charge in [0.05, 0.1) is 25.4 Å². The van der Waals surface area contributed by atoms with E-state index in [9.17, 15) is 5.11 Å². The van der Waals surface area contributed by atoms with Crippen LogP contribution in [0.1, 0.15) is 43.1 Å². The zero-order chi connectivity index (χ0) is 19.4. The molecule has 5 heteroatoms. The summed E-state index contributed by atoms with van der Waals surface area (Å²) in [7, 11) is 0. The van der Waals surface area contributed by atoms with Crippen LogP contribution in [0.3, 0.4) is 0 Å². The number of hydrogen-bond donors (Lipinski definition) is 2. The van der Waals surface area contributed by atoms with Crippen LogP contribution in [-0.4, -0.2) is 30.5 Å². The van der Waals surface area contributed by atoms with E-state index in [0.29, 0.717) is 6.61 Å². The van der Waals surface area contributed by atoms with Gasteiger partial charge < -0.3 is 20.3 Å². The summed E-state index contributed by atoms with van der Waals surface area (Å²) in [5, 5.41) is 10.2. The smallest absolute Gasteiger partial charge is 0.119 e. The van der Waals surface area contributed by atoms with Crippen LogP contribution >= 0.6 is 11.6 Å². The summed E-state index contributed by atoms with van der Waals surface area (Å²) in [5.41, 5.74) is 9.61. The molecule has 0 amide bonds. The van der Waals surface area contributed by atoms with Crippen molar-refractivity contribution in [2.75, 3.05) is 13.2 Å². The fourth-order valence-corrected chi connectivity index (χ4v) is 3.82. The monoisotopic (exact) mass is 389 g/mol. The molecule has 146 valence electrons. The maximum absolute atomic E-state index is 9.52. The molecule has 3 rings (SSSR count). The van der Waals surface area contributed by atoms with Gasteiger partial charge in [0.25, 0.3) is 0 Å². The molecule has 0 unspecified atom stereocenters. The molecule has 3 N–H and O–H groups in total. The summed E-state index contributed by atoms with van der Waals surface area (Å²) in [6.07, 6.45) is 1.10. The molecule has 0 bridgehead atoms. The molecular formula is C22H28ClNO3. The number of ether oxygens (including phenoxy) is 2. The zero-order valence-electron chi connectivity index (χ0n) is 15.9. The molecule has 0 spiro atoms. The zero-order valence-corrected chi connectivity index (χ0v) is 16.7. The summed E-state index contributed by atoms with van der Waals surface area (Å²) >= 11 is 6.45. The number of rotatable bonds is 6. The Morgan fingerprint density at radius 3 is 2.63 bits per heavy atom. The van der Waals surface area contributed by atoms with Crippen molar-refractivity contribution in [2.24, 2.45) is 11.7 Å². The summed E-state index contributed by atoms with van der Waals surface area (Å²) in [5.74, 6) is 1.15. The Labute approximate surface area is 166 Å². The van der Waals surface area contributed by atoms with Crippen molar-refractivity contribution in [3.63, 3.8) is 0 Å². The van der Waals surface area contributed by atoms with Crippen LogP contribution in [0.5, 0.6) is 5.75 Å². The van der Waals surface area contributed by atoms with Gasteiger partial charge in [0.15, 0.2) is 0 Å². The molecule has 1 heterocycles. The van der Waals surface area contributed by atoms with Gasteiger partial charge in [-0.15, -0.1) is 0 Å². The highest BCUT2D eigenvalue weighted by atomic mass is 35.5. The predicted molar refractivity (Wildman–Crippen MR) is 108 cm³/mol. The first-order valence-corrected chi connectivity index (χ1v) is 9.91. The number of aliphatic hydroxyl groups excluding tert-OH is 1. The van der Waals surface area contributed by atoms with E-state index >= 15 is 0 Å². The van der Waals surface area contributed by atoms with Gasteiger partial charge in [-0.2, -0.15) is 0 Å². The summed E-state index contributed by atoms with van der Waals surface area (Å²) in [6.45, 7) is 4.75. The van der Waals surface area contributed by atoms with Gasteiger partial charge in [-0.05, 0) is 60.6 Å². The first kappa shape index (κ1) is 20.2. The molecule has 2 aromatic rings. The van der Waals surface area contributed by atoms with Crippen LogP contribution in [0.4, 0.5) is 0 Å². The molecule has 1 saturated heterocycles. The minimum absolute atomic E-state index is 0.0141. The Hall–Kier alpha value is -1.59. The maximum Gasteiger partial charge on any atom is 0.119 e. The first-order chi connectivity index (χ1) is 13.0. The third kappa shape index (κ3) is 4.82. The van der Waals surface area contributed by atoms with Crippen LogP contribution in [-0.2, 0) is 11.2 Å². The highest BCUT2D eigenvalue weighted by Crippen LogP contribution is 2.35. The van der Waals surface area contributed by atoms with Gasteiger partial charge in [0.2, 0.25) is 0 Å². The molecular weight excluding hydrogens is 362 g/mol. The van der Waals surface area contributed by atoms with Crippen molar-refractivity contribution < 1.29 is 14.6 Å². The molecule has 2 aromatic carbocycles. The number of benzene rings is 2. The first-order valence-electron chi connectivity index (χ1n) is 9.53. The fourth-order valence-electron chi connectivity index (χ4n) is 3.64. The van der Waals surface area contributed by atoms with E-state index in [2.05, 4.69) is 25.1 Å². The molecule has 0 aromatic heterocycles. The fraction of sp³-hybridized carbons (Fsp3) is 0.455. The van der Waals surface area contributed by atoms with Crippen LogP contribution < -0.4 is 10.5 Å². The summed E-state index contributed by atoms with van der Waals surface area (Å²) in [4.78, 5) is 0. The van der Waals surface area contributed by atoms with Crippen molar-refractivity contribution >= 4 is 11.6 Å². The average molecular weight is 390 g/mol. The van der Waals surface area contributed by atoms with E-state index < -0.39 is 0 Å². The van der Waals surface area contributed by atoms with E-state index in [1.54, 1.807) is 0 Å². The normalized spacial score (nSPS) is 25.4. The number of hydrogen-bond acceptors (Lipinski definition) is 4. The largest absolute Gasteiger partial charge is 0.494 e. The topological polar surface area (TPSA) is 64.7 Å². The lowest BCUT2D eigenvalue weighted by atomic mass is 9.85. The van der Waals surface area contributed by atoms with Crippen LogP contribution in [0, 0.1) is 5.92 Å². The van der Waals surface area contributed by atoms with Gasteiger partial charge in [-0.1, -0.05) is 42.8 Å². The lowest BCUT2D eigenvalue weighted by Gasteiger charge is -2.38. The van der Waals surface area contributed by atoms with Crippen LogP contribution in [0.2, 0.25) is 5.02 Å². The minimum Gasteiger partial charge on any atom is -0.494 e. The van der Waals surface area contributed by atoms with Crippen molar-refractivity contribution in [2.45, 2.75) is 44.9 Å². The highest BCUT2D eigenvalue weighted by Gasteiger charge is 2.34. The number of halogens is 1. The molecule has 4 atom stereocenters. The Bertz CT molecular complexity index is 750. The van der Waals surface area contributed by atoms with Gasteiger partial charge in [-0.3, -0.25) is 0 Å². The molecule has 1 fully saturated rings. The number of aliphatic hydroxyl groups is 1. The molecule has 4 nitrogen and oxygen atoms in total. The third-order valence-electron chi connectivity index (χ3n) is 5.21. The van der Waals surface area contributed by atoms with Crippen molar-refractivity contribution in [3.05, 3.63) is 64.2 Å². The van der Waals surface area contributed by atoms with E-state index in [0.717, 1.165) is 40.3 Å². The standard InChI is InChI=1S/C22H28ClNO3/c1-3-26-18-7-4-15(5-8-18)11-17-12-16(6-9-20(17)23)22-21(24)14(2)10-19(13-25)27-22/h4-9,12,14,19,21-22,25H,3,10-11,13,24H2,1-2H3/t14-,19-,21+,22-/m0/s1. The van der Waals surface area contributed by atoms with E-state index in [1.165, 1.54) is 0 Å². The summed E-state index contributed by atoms with van der Waals surface area (Å²) < 4.78 is 11.6. The van der Waals surface area contributed by atoms with E-state index in [4.69, 9.17) is 26.8 Å². The van der Waals surface area contributed by atoms with Gasteiger partial charge in [-0.25, -0.2) is 0 Å². The Morgan fingerprint density at radius 2 is 1.96 bits per heavy atom. The van der Waals surface area contributed by atoms with Gasteiger partial charge in [0.1, 0.15) is 5.75 Å². The van der Waals surface area contributed by atoms with Gasteiger partial charge in [0, 0.05) is 11.1 Å². The Kier molecular flexibility index (Phi) is 6.77. The molecule has 1 aliphatic heterocycles. The van der Waals surface area contributed by atoms with E-state index in [-0.39, 0.29) is 30.8 Å². The van der Waals surface area contributed by atoms with Crippen LogP contribution in [0.25, 0.3) is 0 Å². The van der Waals surface area contributed by atoms with E-state index in [1.807, 2.05) is 31.2 Å². The van der Waals surface area contributed by atoms with Crippen molar-refractivity contribution in [3.8, 4) is 5.75 Å². The lowest BCUT2D eigenvalue weighted by Crippen LogP contribution is -2.45. The predicted octanol–water partition coefficient (Wildman–Crippen LogP) is 4.12. The number of nitrogens with two attached hydrogens (primary N) is 1. The molecule has 0 saturated carbocycles. The quantitative estimate of drug-likeness (QED) is 0.780. The highest BCUT2D eigenvalue weighted by molar-refractivity contribution is 6.31. The molecule has 27 heavy (non-hydrogen) atoms. The lowest BCUT2D eigenvalue weighted by molar-refractivity contribution is -0.101.